The van der Waals surface area contributed by atoms with Crippen molar-refractivity contribution in [2.75, 3.05) is 26.2 Å². The van der Waals surface area contributed by atoms with Gasteiger partial charge in [-0.2, -0.15) is 4.31 Å². The van der Waals surface area contributed by atoms with Crippen molar-refractivity contribution in [3.63, 3.8) is 0 Å². The van der Waals surface area contributed by atoms with Gasteiger partial charge in [0.05, 0.1) is 4.90 Å². The highest BCUT2D eigenvalue weighted by molar-refractivity contribution is 7.89. The maximum absolute atomic E-state index is 13.4. The third kappa shape index (κ3) is 5.62. The van der Waals surface area contributed by atoms with Gasteiger partial charge in [0, 0.05) is 32.2 Å². The zero-order valence-corrected chi connectivity index (χ0v) is 19.9. The van der Waals surface area contributed by atoms with E-state index in [1.165, 1.54) is 4.31 Å². The van der Waals surface area contributed by atoms with E-state index in [9.17, 15) is 18.3 Å². The van der Waals surface area contributed by atoms with Crippen molar-refractivity contribution < 1.29 is 18.3 Å². The number of carbonyl (C=O) groups is 1. The minimum Gasteiger partial charge on any atom is -0.396 e. The Hall–Kier alpha value is -1.44. The molecule has 1 aliphatic heterocycles. The fourth-order valence-corrected chi connectivity index (χ4v) is 6.43. The number of amides is 1. The van der Waals surface area contributed by atoms with Crippen LogP contribution in [0.5, 0.6) is 0 Å². The van der Waals surface area contributed by atoms with Gasteiger partial charge in [0.1, 0.15) is 0 Å². The molecular formula is C23H38N2O4S. The van der Waals surface area contributed by atoms with Gasteiger partial charge >= 0.3 is 0 Å². The van der Waals surface area contributed by atoms with Crippen molar-refractivity contribution in [2.45, 2.75) is 71.6 Å². The van der Waals surface area contributed by atoms with Gasteiger partial charge in [0.15, 0.2) is 0 Å². The number of aliphatic hydroxyl groups is 1. The van der Waals surface area contributed by atoms with E-state index in [1.54, 1.807) is 0 Å². The molecule has 1 amide bonds. The lowest BCUT2D eigenvalue weighted by Gasteiger charge is -2.32. The topological polar surface area (TPSA) is 86.7 Å². The Kier molecular flexibility index (Phi) is 8.88. The summed E-state index contributed by atoms with van der Waals surface area (Å²) in [6.45, 7) is 11.2. The molecule has 0 bridgehead atoms. The lowest BCUT2D eigenvalue weighted by Crippen LogP contribution is -2.44. The van der Waals surface area contributed by atoms with Crippen LogP contribution in [0.25, 0.3) is 0 Å². The molecule has 1 aromatic rings. The molecule has 1 heterocycles. The molecule has 2 rings (SSSR count). The van der Waals surface area contributed by atoms with E-state index in [1.807, 2.05) is 33.8 Å². The van der Waals surface area contributed by atoms with Crippen molar-refractivity contribution in [3.8, 4) is 0 Å². The summed E-state index contributed by atoms with van der Waals surface area (Å²) >= 11 is 0. The molecule has 6 nitrogen and oxygen atoms in total. The summed E-state index contributed by atoms with van der Waals surface area (Å²) in [6.07, 6.45) is 3.76. The normalized spacial score (nSPS) is 17.1. The number of hydrogen-bond donors (Lipinski definition) is 2. The Bertz CT molecular complexity index is 811. The number of aryl methyl sites for hydroxylation is 2. The van der Waals surface area contributed by atoms with Crippen LogP contribution in [-0.4, -0.2) is 50.0 Å². The fraction of sp³-hybridized carbons (Fsp3) is 0.696. The molecule has 1 atom stereocenters. The van der Waals surface area contributed by atoms with Gasteiger partial charge in [0.2, 0.25) is 15.9 Å². The third-order valence-electron chi connectivity index (χ3n) is 6.52. The number of aliphatic hydroxyl groups excluding tert-OH is 1. The highest BCUT2D eigenvalue weighted by Gasteiger charge is 2.34. The summed E-state index contributed by atoms with van der Waals surface area (Å²) in [5.74, 6) is 0.138. The second kappa shape index (κ2) is 10.7. The van der Waals surface area contributed by atoms with E-state index in [-0.39, 0.29) is 18.4 Å². The van der Waals surface area contributed by atoms with Gasteiger partial charge in [-0.1, -0.05) is 19.4 Å². The first-order valence-corrected chi connectivity index (χ1v) is 12.5. The first-order valence-electron chi connectivity index (χ1n) is 11.1. The first-order chi connectivity index (χ1) is 14.1. The molecular weight excluding hydrogens is 400 g/mol. The maximum atomic E-state index is 13.4. The maximum Gasteiger partial charge on any atom is 0.243 e. The smallest absolute Gasteiger partial charge is 0.243 e. The van der Waals surface area contributed by atoms with Crippen LogP contribution in [0.2, 0.25) is 0 Å². The molecule has 1 fully saturated rings. The summed E-state index contributed by atoms with van der Waals surface area (Å²) in [6, 6.07) is 2.03. The Morgan fingerprint density at radius 1 is 1.13 bits per heavy atom. The Labute approximate surface area is 182 Å². The molecule has 0 aromatic heterocycles. The molecule has 170 valence electrons. The molecule has 0 spiro atoms. The summed E-state index contributed by atoms with van der Waals surface area (Å²) in [5.41, 5.74) is 3.58. The number of benzene rings is 1. The lowest BCUT2D eigenvalue weighted by atomic mass is 9.96. The van der Waals surface area contributed by atoms with Crippen LogP contribution in [0.1, 0.15) is 61.3 Å². The van der Waals surface area contributed by atoms with Crippen molar-refractivity contribution >= 4 is 15.9 Å². The molecule has 1 saturated heterocycles. The summed E-state index contributed by atoms with van der Waals surface area (Å²) in [7, 11) is -3.58. The second-order valence-corrected chi connectivity index (χ2v) is 10.6. The Morgan fingerprint density at radius 3 is 2.20 bits per heavy atom. The van der Waals surface area contributed by atoms with Crippen LogP contribution in [0.15, 0.2) is 11.0 Å². The van der Waals surface area contributed by atoms with Crippen molar-refractivity contribution in [3.05, 3.63) is 28.3 Å². The van der Waals surface area contributed by atoms with Gasteiger partial charge in [0.25, 0.3) is 0 Å². The van der Waals surface area contributed by atoms with Crippen LogP contribution < -0.4 is 5.32 Å². The highest BCUT2D eigenvalue weighted by Crippen LogP contribution is 2.31. The molecule has 0 saturated carbocycles. The number of rotatable bonds is 9. The number of nitrogens with zero attached hydrogens (tertiary/aromatic N) is 1. The van der Waals surface area contributed by atoms with Gasteiger partial charge in [-0.15, -0.1) is 0 Å². The fourth-order valence-electron chi connectivity index (χ4n) is 4.38. The van der Waals surface area contributed by atoms with Crippen LogP contribution in [-0.2, 0) is 14.8 Å². The number of carbonyl (C=O) groups excluding carboxylic acids is 1. The molecule has 30 heavy (non-hydrogen) atoms. The Morgan fingerprint density at radius 2 is 1.70 bits per heavy atom. The van der Waals surface area contributed by atoms with Gasteiger partial charge in [-0.25, -0.2) is 8.42 Å². The number of sulfonamides is 1. The summed E-state index contributed by atoms with van der Waals surface area (Å²) in [4.78, 5) is 13.0. The van der Waals surface area contributed by atoms with Crippen molar-refractivity contribution in [2.24, 2.45) is 11.8 Å². The molecule has 0 radical (unpaired) electrons. The third-order valence-corrected chi connectivity index (χ3v) is 8.69. The number of piperidine rings is 1. The molecule has 2 N–H and O–H groups in total. The highest BCUT2D eigenvalue weighted by atomic mass is 32.2. The first kappa shape index (κ1) is 24.8. The van der Waals surface area contributed by atoms with Crippen molar-refractivity contribution in [1.82, 2.24) is 9.62 Å². The van der Waals surface area contributed by atoms with Gasteiger partial charge in [-0.3, -0.25) is 4.79 Å². The minimum absolute atomic E-state index is 0.00449. The average molecular weight is 439 g/mol. The van der Waals surface area contributed by atoms with E-state index >= 15 is 0 Å². The van der Waals surface area contributed by atoms with Crippen LogP contribution in [0.3, 0.4) is 0 Å². The molecule has 7 heteroatoms. The lowest BCUT2D eigenvalue weighted by molar-refractivity contribution is -0.126. The zero-order chi connectivity index (χ0) is 22.5. The van der Waals surface area contributed by atoms with E-state index in [0.717, 1.165) is 35.1 Å². The number of hydrogen-bond acceptors (Lipinski definition) is 4. The summed E-state index contributed by atoms with van der Waals surface area (Å²) < 4.78 is 28.3. The standard InChI is InChI=1S/C23H38N2O4S/c1-6-7-20(10-13-26)15-24-23(27)21-8-11-25(12-9-21)30(28,29)22-18(4)16(2)14-17(3)19(22)5/h14,20-21,26H,6-13,15H2,1-5H3,(H,24,27)/t20-/m1/s1. The van der Waals surface area contributed by atoms with E-state index in [2.05, 4.69) is 12.2 Å². The van der Waals surface area contributed by atoms with Crippen LogP contribution in [0, 0.1) is 39.5 Å². The largest absolute Gasteiger partial charge is 0.396 e. The average Bonchev–Trinajstić information content (AvgIpc) is 2.71. The van der Waals surface area contributed by atoms with Gasteiger partial charge < -0.3 is 10.4 Å². The predicted octanol–water partition coefficient (Wildman–Crippen LogP) is 3.24. The van der Waals surface area contributed by atoms with E-state index < -0.39 is 10.0 Å². The van der Waals surface area contributed by atoms with Crippen molar-refractivity contribution in [1.29, 1.82) is 0 Å². The molecule has 1 aromatic carbocycles. The monoisotopic (exact) mass is 438 g/mol. The number of nitrogens with one attached hydrogen (secondary N) is 1. The van der Waals surface area contributed by atoms with Crippen LogP contribution >= 0.6 is 0 Å². The predicted molar refractivity (Wildman–Crippen MR) is 120 cm³/mol. The summed E-state index contributed by atoms with van der Waals surface area (Å²) in [5, 5.41) is 12.2. The van der Waals surface area contributed by atoms with Gasteiger partial charge in [-0.05, 0) is 81.5 Å². The quantitative estimate of drug-likeness (QED) is 0.620. The van der Waals surface area contributed by atoms with Crippen LogP contribution in [0.4, 0.5) is 0 Å². The van der Waals surface area contributed by atoms with E-state index in [0.29, 0.717) is 49.7 Å². The zero-order valence-electron chi connectivity index (χ0n) is 19.1. The molecule has 1 aliphatic rings. The second-order valence-electron chi connectivity index (χ2n) is 8.68. The molecule has 0 aliphatic carbocycles. The Balaban J connectivity index is 2.02. The minimum atomic E-state index is -3.58. The SMILES string of the molecule is CCC[C@H](CCO)CNC(=O)C1CCN(S(=O)(=O)c2c(C)c(C)cc(C)c2C)CC1. The molecule has 0 unspecified atom stereocenters. The van der Waals surface area contributed by atoms with E-state index in [4.69, 9.17) is 0 Å².